The van der Waals surface area contributed by atoms with Crippen molar-refractivity contribution in [2.45, 2.75) is 68.1 Å². The van der Waals surface area contributed by atoms with E-state index in [4.69, 9.17) is 4.74 Å². The number of esters is 1. The van der Waals surface area contributed by atoms with Crippen LogP contribution in [0.4, 0.5) is 13.2 Å². The van der Waals surface area contributed by atoms with Gasteiger partial charge in [0.15, 0.2) is 0 Å². The highest BCUT2D eigenvalue weighted by Crippen LogP contribution is 2.45. The zero-order valence-corrected chi connectivity index (χ0v) is 19.6. The van der Waals surface area contributed by atoms with Crippen molar-refractivity contribution in [2.75, 3.05) is 26.7 Å². The molecule has 10 heteroatoms. The Labute approximate surface area is 193 Å². The van der Waals surface area contributed by atoms with E-state index < -0.39 is 21.8 Å². The van der Waals surface area contributed by atoms with Gasteiger partial charge in [-0.15, -0.1) is 0 Å². The van der Waals surface area contributed by atoms with E-state index in [9.17, 15) is 26.4 Å². The molecular formula is C23H31F3N2O4S. The van der Waals surface area contributed by atoms with E-state index in [-0.39, 0.29) is 35.2 Å². The first kappa shape index (κ1) is 24.5. The van der Waals surface area contributed by atoms with Gasteiger partial charge in [0.05, 0.1) is 17.6 Å². The smallest absolute Gasteiger partial charge is 0.416 e. The molecule has 6 nitrogen and oxygen atoms in total. The van der Waals surface area contributed by atoms with Gasteiger partial charge in [-0.25, -0.2) is 8.42 Å². The van der Waals surface area contributed by atoms with E-state index in [1.54, 1.807) is 0 Å². The Bertz CT molecular complexity index is 949. The molecule has 33 heavy (non-hydrogen) atoms. The lowest BCUT2D eigenvalue weighted by atomic mass is 9.70. The first-order valence-electron chi connectivity index (χ1n) is 11.6. The molecule has 0 amide bonds. The Balaban J connectivity index is 1.64. The third-order valence-corrected chi connectivity index (χ3v) is 9.43. The first-order chi connectivity index (χ1) is 15.6. The quantitative estimate of drug-likeness (QED) is 0.568. The van der Waals surface area contributed by atoms with Crippen molar-refractivity contribution in [3.05, 3.63) is 29.8 Å². The molecule has 0 N–H and O–H groups in total. The normalized spacial score (nSPS) is 28.8. The van der Waals surface area contributed by atoms with Gasteiger partial charge in [0.2, 0.25) is 10.0 Å². The first-order valence-corrected chi connectivity index (χ1v) is 13.1. The monoisotopic (exact) mass is 488 g/mol. The average Bonchev–Trinajstić information content (AvgIpc) is 2.79. The Morgan fingerprint density at radius 1 is 1.12 bits per heavy atom. The third kappa shape index (κ3) is 4.93. The summed E-state index contributed by atoms with van der Waals surface area (Å²) in [6.07, 6.45) is 0.604. The summed E-state index contributed by atoms with van der Waals surface area (Å²) in [7, 11) is -2.66. The Hall–Kier alpha value is -1.65. The van der Waals surface area contributed by atoms with E-state index in [1.165, 1.54) is 11.4 Å². The highest BCUT2D eigenvalue weighted by Gasteiger charge is 2.51. The molecule has 3 heterocycles. The molecule has 3 aliphatic heterocycles. The maximum atomic E-state index is 13.7. The van der Waals surface area contributed by atoms with Crippen LogP contribution >= 0.6 is 0 Å². The lowest BCUT2D eigenvalue weighted by Gasteiger charge is -2.57. The molecular weight excluding hydrogens is 457 g/mol. The number of carbonyl (C=O) groups excluding carboxylic acids is 1. The number of halogens is 3. The minimum absolute atomic E-state index is 0.115. The Morgan fingerprint density at radius 2 is 1.79 bits per heavy atom. The van der Waals surface area contributed by atoms with Gasteiger partial charge >= 0.3 is 12.1 Å². The van der Waals surface area contributed by atoms with Crippen molar-refractivity contribution < 1.29 is 31.1 Å². The van der Waals surface area contributed by atoms with Crippen LogP contribution in [0.25, 0.3) is 0 Å². The second-order valence-corrected chi connectivity index (χ2v) is 11.3. The predicted octanol–water partition coefficient (Wildman–Crippen LogP) is 3.91. The van der Waals surface area contributed by atoms with Crippen LogP contribution in [0.15, 0.2) is 29.2 Å². The molecule has 3 aliphatic rings. The number of benzene rings is 1. The summed E-state index contributed by atoms with van der Waals surface area (Å²) < 4.78 is 72.6. The van der Waals surface area contributed by atoms with Crippen molar-refractivity contribution in [3.63, 3.8) is 0 Å². The zero-order chi connectivity index (χ0) is 23.8. The van der Waals surface area contributed by atoms with E-state index in [0.717, 1.165) is 63.0 Å². The van der Waals surface area contributed by atoms with Crippen molar-refractivity contribution in [1.82, 2.24) is 9.21 Å². The molecule has 4 rings (SSSR count). The van der Waals surface area contributed by atoms with Crippen LogP contribution in [0.3, 0.4) is 0 Å². The van der Waals surface area contributed by atoms with Gasteiger partial charge in [0.1, 0.15) is 0 Å². The Morgan fingerprint density at radius 3 is 2.42 bits per heavy atom. The number of piperidine rings is 3. The second-order valence-electron chi connectivity index (χ2n) is 9.37. The molecule has 0 bridgehead atoms. The number of hydrogen-bond acceptors (Lipinski definition) is 5. The maximum absolute atomic E-state index is 13.7. The lowest BCUT2D eigenvalue weighted by molar-refractivity contribution is -0.141. The van der Waals surface area contributed by atoms with E-state index in [0.29, 0.717) is 25.4 Å². The molecule has 0 saturated carbocycles. The molecule has 3 saturated heterocycles. The number of alkyl halides is 3. The molecule has 0 aromatic heterocycles. The number of ether oxygens (including phenoxy) is 1. The van der Waals surface area contributed by atoms with Gasteiger partial charge in [-0.1, -0.05) is 0 Å². The molecule has 1 aromatic rings. The Kier molecular flexibility index (Phi) is 7.08. The van der Waals surface area contributed by atoms with Crippen LogP contribution in [0.1, 0.15) is 50.5 Å². The summed E-state index contributed by atoms with van der Waals surface area (Å²) in [5.41, 5.74) is -0.870. The lowest BCUT2D eigenvalue weighted by Crippen LogP contribution is -2.65. The second kappa shape index (κ2) is 9.54. The zero-order valence-electron chi connectivity index (χ0n) is 18.8. The molecule has 0 unspecified atom stereocenters. The van der Waals surface area contributed by atoms with Crippen LogP contribution in [-0.4, -0.2) is 62.4 Å². The topological polar surface area (TPSA) is 66.9 Å². The number of nitrogens with zero attached hydrogens (tertiary/aromatic N) is 2. The molecule has 3 fully saturated rings. The van der Waals surface area contributed by atoms with Gasteiger partial charge in [-0.3, -0.25) is 9.69 Å². The van der Waals surface area contributed by atoms with Crippen molar-refractivity contribution in [2.24, 2.45) is 11.8 Å². The van der Waals surface area contributed by atoms with E-state index >= 15 is 0 Å². The number of carbonyl (C=O) groups is 1. The third-order valence-electron chi connectivity index (χ3n) is 7.52. The average molecular weight is 489 g/mol. The van der Waals surface area contributed by atoms with Crippen LogP contribution < -0.4 is 0 Å². The number of methoxy groups -OCH3 is 1. The number of sulfonamides is 1. The van der Waals surface area contributed by atoms with Crippen molar-refractivity contribution in [1.29, 1.82) is 0 Å². The SMILES string of the molecule is COC(=O)CCC[C@@H]1[C@H]2CCCN3CCC[C@H](CN1S(=O)(=O)c1ccc(C(F)(F)F)cc1)[C@@H]23. The number of rotatable bonds is 6. The van der Waals surface area contributed by atoms with Gasteiger partial charge in [0, 0.05) is 25.0 Å². The van der Waals surface area contributed by atoms with E-state index in [2.05, 4.69) is 4.90 Å². The fraction of sp³-hybridized carbons (Fsp3) is 0.696. The predicted molar refractivity (Wildman–Crippen MR) is 116 cm³/mol. The highest BCUT2D eigenvalue weighted by atomic mass is 32.2. The molecule has 0 spiro atoms. The minimum Gasteiger partial charge on any atom is -0.469 e. The summed E-state index contributed by atoms with van der Waals surface area (Å²) in [4.78, 5) is 14.0. The summed E-state index contributed by atoms with van der Waals surface area (Å²) >= 11 is 0. The van der Waals surface area contributed by atoms with Crippen molar-refractivity contribution in [3.8, 4) is 0 Å². The van der Waals surface area contributed by atoms with Gasteiger partial charge in [0.25, 0.3) is 0 Å². The van der Waals surface area contributed by atoms with Crippen LogP contribution in [0.2, 0.25) is 0 Å². The van der Waals surface area contributed by atoms with E-state index in [1.807, 2.05) is 0 Å². The fourth-order valence-electron chi connectivity index (χ4n) is 6.10. The minimum atomic E-state index is -4.52. The molecule has 0 radical (unpaired) electrons. The molecule has 0 aliphatic carbocycles. The van der Waals surface area contributed by atoms with Gasteiger partial charge in [-0.05, 0) is 87.7 Å². The summed E-state index contributed by atoms with van der Waals surface area (Å²) in [6, 6.07) is 3.82. The molecule has 1 aromatic carbocycles. The standard InChI is InChI=1S/C23H31F3N2O4S/c1-32-21(29)8-2-7-20-19-6-4-14-27-13-3-5-16(22(19)27)15-28(20)33(30,31)18-11-9-17(10-12-18)23(24,25)26/h9-12,16,19-20,22H,2-8,13-15H2,1H3/t16-,19-,20-,22+/m1/s1. The summed E-state index contributed by atoms with van der Waals surface area (Å²) in [5, 5.41) is 0. The van der Waals surface area contributed by atoms with Crippen molar-refractivity contribution >= 4 is 16.0 Å². The van der Waals surface area contributed by atoms with Crippen LogP contribution in [0, 0.1) is 11.8 Å². The van der Waals surface area contributed by atoms with Crippen LogP contribution in [0.5, 0.6) is 0 Å². The maximum Gasteiger partial charge on any atom is 0.416 e. The highest BCUT2D eigenvalue weighted by molar-refractivity contribution is 7.89. The summed E-state index contributed by atoms with van der Waals surface area (Å²) in [6.45, 7) is 2.42. The fourth-order valence-corrected chi connectivity index (χ4v) is 7.86. The van der Waals surface area contributed by atoms with Gasteiger partial charge in [-0.2, -0.15) is 17.5 Å². The number of hydrogen-bond donors (Lipinski definition) is 0. The summed E-state index contributed by atoms with van der Waals surface area (Å²) in [5.74, 6) is 0.0357. The van der Waals surface area contributed by atoms with Gasteiger partial charge < -0.3 is 4.74 Å². The largest absolute Gasteiger partial charge is 0.469 e. The molecule has 4 atom stereocenters. The molecule has 184 valence electrons. The van der Waals surface area contributed by atoms with Crippen LogP contribution in [-0.2, 0) is 25.7 Å².